The van der Waals surface area contributed by atoms with Crippen LogP contribution in [0.15, 0.2) is 179 Å². The summed E-state index contributed by atoms with van der Waals surface area (Å²) in [6.07, 6.45) is 0. The summed E-state index contributed by atoms with van der Waals surface area (Å²) in [7, 11) is 0. The van der Waals surface area contributed by atoms with Gasteiger partial charge in [0.15, 0.2) is 0 Å². The minimum absolute atomic E-state index is 0.280. The Morgan fingerprint density at radius 2 is 0.812 bits per heavy atom. The van der Waals surface area contributed by atoms with Crippen molar-refractivity contribution in [2.75, 3.05) is 0 Å². The predicted octanol–water partition coefficient (Wildman–Crippen LogP) is 11.2. The molecule has 0 amide bonds. The van der Waals surface area contributed by atoms with Crippen molar-refractivity contribution in [1.29, 1.82) is 0 Å². The molecule has 2 atom stereocenters. The van der Waals surface area contributed by atoms with Gasteiger partial charge in [-0.05, 0) is 86.5 Å². The molecular weight excluding hydrogens is 720 g/mol. The van der Waals surface area contributed by atoms with Crippen LogP contribution in [-0.4, -0.2) is 10.2 Å². The average molecular weight is 751 g/mol. The van der Waals surface area contributed by atoms with E-state index in [1.807, 2.05) is 72.8 Å². The van der Waals surface area contributed by atoms with E-state index in [-0.39, 0.29) is 5.75 Å². The molecule has 2 nitrogen and oxygen atoms in total. The maximum atomic E-state index is 11.6. The van der Waals surface area contributed by atoms with E-state index in [0.717, 1.165) is 42.3 Å². The van der Waals surface area contributed by atoms with Crippen molar-refractivity contribution in [2.24, 2.45) is 0 Å². The Morgan fingerprint density at radius 1 is 0.375 bits per heavy atom. The first-order valence-electron chi connectivity index (χ1n) is 15.8. The monoisotopic (exact) mass is 748 g/mol. The summed E-state index contributed by atoms with van der Waals surface area (Å²) in [5.41, 5.74) is 10.9. The van der Waals surface area contributed by atoms with Gasteiger partial charge in [-0.15, -0.1) is 0 Å². The second-order valence-corrected chi connectivity index (χ2v) is 14.0. The fourth-order valence-electron chi connectivity index (χ4n) is 7.66. The van der Waals surface area contributed by atoms with Gasteiger partial charge in [0, 0.05) is 20.1 Å². The van der Waals surface area contributed by atoms with E-state index in [1.54, 1.807) is 12.1 Å². The number of halogens is 2. The summed E-state index contributed by atoms with van der Waals surface area (Å²) < 4.78 is 2.04. The summed E-state index contributed by atoms with van der Waals surface area (Å²) >= 11 is 7.20. The summed E-state index contributed by atoms with van der Waals surface area (Å²) in [5.74, 6) is 0.280. The van der Waals surface area contributed by atoms with Crippen LogP contribution in [0.3, 0.4) is 0 Å². The zero-order chi connectivity index (χ0) is 32.9. The van der Waals surface area contributed by atoms with E-state index in [4.69, 9.17) is 0 Å². The number of phenols is 1. The van der Waals surface area contributed by atoms with Crippen LogP contribution >= 0.6 is 31.9 Å². The Balaban J connectivity index is 0.000000145. The van der Waals surface area contributed by atoms with Crippen molar-refractivity contribution in [2.45, 2.75) is 11.0 Å². The molecule has 2 aliphatic carbocycles. The maximum absolute atomic E-state index is 11.6. The van der Waals surface area contributed by atoms with Crippen LogP contribution in [0.25, 0.3) is 22.3 Å². The van der Waals surface area contributed by atoms with Crippen LogP contribution in [0, 0.1) is 0 Å². The van der Waals surface area contributed by atoms with Crippen molar-refractivity contribution < 1.29 is 10.2 Å². The molecule has 4 heteroatoms. The lowest BCUT2D eigenvalue weighted by Crippen LogP contribution is -2.28. The number of hydrogen-bond donors (Lipinski definition) is 2. The molecule has 0 spiro atoms. The standard InChI is InChI=1S/C25H17BrO.C19H13BrO/c26-19-12-15-22-21-8-4-5-9-23(21)25(24(22)16-19,17-6-2-1-3-7-17)18-10-13-20(27)14-11-18;20-14-10-11-16-15-8-4-5-9-17(15)19(21,18(16)12-14)13-6-2-1-3-7-13/h1-16,27H;1-12,21H. The zero-order valence-electron chi connectivity index (χ0n) is 25.8. The molecule has 7 aromatic carbocycles. The average Bonchev–Trinajstić information content (AvgIpc) is 3.56. The van der Waals surface area contributed by atoms with Crippen LogP contribution in [0.4, 0.5) is 0 Å². The molecule has 2 N–H and O–H groups in total. The lowest BCUT2D eigenvalue weighted by molar-refractivity contribution is 0.130. The summed E-state index contributed by atoms with van der Waals surface area (Å²) in [6, 6.07) is 57.5. The Labute approximate surface area is 297 Å². The molecule has 0 saturated carbocycles. The van der Waals surface area contributed by atoms with Gasteiger partial charge in [0.1, 0.15) is 11.4 Å². The van der Waals surface area contributed by atoms with Gasteiger partial charge in [0.2, 0.25) is 0 Å². The maximum Gasteiger partial charge on any atom is 0.141 e. The van der Waals surface area contributed by atoms with Gasteiger partial charge in [-0.25, -0.2) is 0 Å². The Bertz CT molecular complexity index is 2280. The second kappa shape index (κ2) is 12.1. The number of fused-ring (bicyclic) bond motifs is 6. The number of phenolic OH excluding ortho intramolecular Hbond substituents is 1. The van der Waals surface area contributed by atoms with Gasteiger partial charge in [-0.2, -0.15) is 0 Å². The number of benzene rings is 7. The molecule has 232 valence electrons. The molecule has 0 fully saturated rings. The summed E-state index contributed by atoms with van der Waals surface area (Å²) in [6.45, 7) is 0. The molecule has 0 heterocycles. The molecule has 9 rings (SSSR count). The highest BCUT2D eigenvalue weighted by Gasteiger charge is 2.46. The quantitative estimate of drug-likeness (QED) is 0.189. The van der Waals surface area contributed by atoms with Crippen LogP contribution < -0.4 is 0 Å². The van der Waals surface area contributed by atoms with Gasteiger partial charge < -0.3 is 10.2 Å². The molecule has 48 heavy (non-hydrogen) atoms. The number of hydrogen-bond acceptors (Lipinski definition) is 2. The van der Waals surface area contributed by atoms with Gasteiger partial charge in [-0.1, -0.05) is 165 Å². The van der Waals surface area contributed by atoms with Gasteiger partial charge in [-0.3, -0.25) is 0 Å². The van der Waals surface area contributed by atoms with E-state index in [9.17, 15) is 10.2 Å². The number of aliphatic hydroxyl groups is 1. The van der Waals surface area contributed by atoms with Gasteiger partial charge in [0.05, 0.1) is 5.41 Å². The topological polar surface area (TPSA) is 40.5 Å². The van der Waals surface area contributed by atoms with Crippen molar-refractivity contribution in [3.8, 4) is 28.0 Å². The normalized spacial score (nSPS) is 18.1. The van der Waals surface area contributed by atoms with Crippen LogP contribution in [0.5, 0.6) is 5.75 Å². The smallest absolute Gasteiger partial charge is 0.141 e. The first-order chi connectivity index (χ1) is 23.4. The Hall–Kier alpha value is -4.74. The summed E-state index contributed by atoms with van der Waals surface area (Å²) in [5, 5.41) is 21.5. The minimum Gasteiger partial charge on any atom is -0.508 e. The van der Waals surface area contributed by atoms with E-state index in [0.29, 0.717) is 0 Å². The fourth-order valence-corrected chi connectivity index (χ4v) is 8.38. The molecule has 2 aliphatic rings. The first kappa shape index (κ1) is 30.6. The zero-order valence-corrected chi connectivity index (χ0v) is 29.0. The Kier molecular flexibility index (Phi) is 7.68. The largest absolute Gasteiger partial charge is 0.508 e. The molecule has 0 radical (unpaired) electrons. The van der Waals surface area contributed by atoms with Gasteiger partial charge >= 0.3 is 0 Å². The summed E-state index contributed by atoms with van der Waals surface area (Å²) in [4.78, 5) is 0. The lowest BCUT2D eigenvalue weighted by atomic mass is 9.68. The van der Waals surface area contributed by atoms with Crippen molar-refractivity contribution >= 4 is 31.9 Å². The van der Waals surface area contributed by atoms with E-state index in [1.165, 1.54) is 27.8 Å². The predicted molar refractivity (Wildman–Crippen MR) is 201 cm³/mol. The molecular formula is C44H30Br2O2. The third kappa shape index (κ3) is 4.70. The molecule has 0 aromatic heterocycles. The fraction of sp³-hybridized carbons (Fsp3) is 0.0455. The molecule has 2 unspecified atom stereocenters. The lowest BCUT2D eigenvalue weighted by Gasteiger charge is -2.34. The molecule has 0 saturated heterocycles. The van der Waals surface area contributed by atoms with E-state index < -0.39 is 11.0 Å². The number of rotatable bonds is 3. The SMILES string of the molecule is OC1(c2ccccc2)c2ccccc2-c2ccc(Br)cc21.Oc1ccc(C2(c3ccccc3)c3ccccc3-c3ccc(Br)cc32)cc1. The Morgan fingerprint density at radius 3 is 1.44 bits per heavy atom. The highest BCUT2D eigenvalue weighted by atomic mass is 79.9. The second-order valence-electron chi connectivity index (χ2n) is 12.2. The van der Waals surface area contributed by atoms with Crippen molar-refractivity contribution in [3.63, 3.8) is 0 Å². The first-order valence-corrected chi connectivity index (χ1v) is 17.4. The third-order valence-corrected chi connectivity index (χ3v) is 10.7. The van der Waals surface area contributed by atoms with E-state index in [2.05, 4.69) is 117 Å². The highest BCUT2D eigenvalue weighted by molar-refractivity contribution is 9.10. The van der Waals surface area contributed by atoms with Crippen LogP contribution in [0.2, 0.25) is 0 Å². The van der Waals surface area contributed by atoms with Crippen LogP contribution in [0.1, 0.15) is 38.9 Å². The minimum atomic E-state index is -1.09. The van der Waals surface area contributed by atoms with Crippen LogP contribution in [-0.2, 0) is 11.0 Å². The van der Waals surface area contributed by atoms with Gasteiger partial charge in [0.25, 0.3) is 0 Å². The molecule has 0 aliphatic heterocycles. The van der Waals surface area contributed by atoms with Crippen molar-refractivity contribution in [3.05, 3.63) is 218 Å². The van der Waals surface area contributed by atoms with Crippen molar-refractivity contribution in [1.82, 2.24) is 0 Å². The van der Waals surface area contributed by atoms with E-state index >= 15 is 0 Å². The molecule has 0 bridgehead atoms. The number of aromatic hydroxyl groups is 1. The third-order valence-electron chi connectivity index (χ3n) is 9.68. The highest BCUT2D eigenvalue weighted by Crippen LogP contribution is 2.56. The molecule has 7 aromatic rings.